The summed E-state index contributed by atoms with van der Waals surface area (Å²) in [6.07, 6.45) is 2.10. The van der Waals surface area contributed by atoms with Gasteiger partial charge in [0.2, 0.25) is 5.91 Å². The number of amides is 1. The highest BCUT2D eigenvalue weighted by Crippen LogP contribution is 2.22. The summed E-state index contributed by atoms with van der Waals surface area (Å²) in [4.78, 5) is 13.6. The fraction of sp³-hybridized carbons (Fsp3) is 0.533. The van der Waals surface area contributed by atoms with Gasteiger partial charge < -0.3 is 10.6 Å². The van der Waals surface area contributed by atoms with E-state index >= 15 is 0 Å². The van der Waals surface area contributed by atoms with Crippen LogP contribution in [-0.2, 0) is 4.79 Å². The van der Waals surface area contributed by atoms with Gasteiger partial charge in [-0.25, -0.2) is 4.39 Å². The molecule has 19 heavy (non-hydrogen) atoms. The van der Waals surface area contributed by atoms with Gasteiger partial charge >= 0.3 is 0 Å². The first-order valence-corrected chi connectivity index (χ1v) is 6.73. The Morgan fingerprint density at radius 2 is 2.05 bits per heavy atom. The summed E-state index contributed by atoms with van der Waals surface area (Å²) in [5, 5.41) is 0. The first kappa shape index (κ1) is 15.6. The van der Waals surface area contributed by atoms with Crippen LogP contribution in [0.15, 0.2) is 24.3 Å². The Kier molecular flexibility index (Phi) is 5.96. The molecule has 0 aliphatic rings. The molecular formula is C15H23FN2O. The standard InChI is InChI=1S/C15H23FN2O/c1-4-7-12(17)10-15(19)18(3)11(2)13-8-5-6-9-14(13)16/h5-6,8-9,11-12H,4,7,10,17H2,1-3H3. The number of carbonyl (C=O) groups excluding carboxylic acids is 1. The highest BCUT2D eigenvalue weighted by molar-refractivity contribution is 5.77. The van der Waals surface area contributed by atoms with Crippen LogP contribution in [0, 0.1) is 5.82 Å². The average molecular weight is 266 g/mol. The zero-order chi connectivity index (χ0) is 14.4. The summed E-state index contributed by atoms with van der Waals surface area (Å²) >= 11 is 0. The highest BCUT2D eigenvalue weighted by atomic mass is 19.1. The second kappa shape index (κ2) is 7.24. The number of hydrogen-bond acceptors (Lipinski definition) is 2. The molecule has 0 bridgehead atoms. The van der Waals surface area contributed by atoms with Crippen LogP contribution in [0.3, 0.4) is 0 Å². The maximum atomic E-state index is 13.7. The molecule has 0 saturated carbocycles. The fourth-order valence-electron chi connectivity index (χ4n) is 2.08. The SMILES string of the molecule is CCCC(N)CC(=O)N(C)C(C)c1ccccc1F. The normalized spacial score (nSPS) is 13.9. The summed E-state index contributed by atoms with van der Waals surface area (Å²) in [5.74, 6) is -0.329. The zero-order valence-electron chi connectivity index (χ0n) is 11.9. The van der Waals surface area contributed by atoms with Crippen LogP contribution in [0.1, 0.15) is 44.7 Å². The lowest BCUT2D eigenvalue weighted by Gasteiger charge is -2.26. The van der Waals surface area contributed by atoms with Crippen LogP contribution in [-0.4, -0.2) is 23.9 Å². The summed E-state index contributed by atoms with van der Waals surface area (Å²) in [6, 6.07) is 6.12. The molecule has 0 aliphatic carbocycles. The van der Waals surface area contributed by atoms with Crippen LogP contribution in [0.25, 0.3) is 0 Å². The van der Waals surface area contributed by atoms with Gasteiger partial charge in [0.25, 0.3) is 0 Å². The summed E-state index contributed by atoms with van der Waals surface area (Å²) < 4.78 is 13.7. The predicted molar refractivity (Wildman–Crippen MR) is 75.1 cm³/mol. The molecule has 0 aromatic heterocycles. The molecule has 0 heterocycles. The lowest BCUT2D eigenvalue weighted by Crippen LogP contribution is -2.35. The van der Waals surface area contributed by atoms with Gasteiger partial charge in [-0.3, -0.25) is 4.79 Å². The third kappa shape index (κ3) is 4.31. The number of benzene rings is 1. The largest absolute Gasteiger partial charge is 0.339 e. The second-order valence-corrected chi connectivity index (χ2v) is 4.96. The minimum absolute atomic E-state index is 0.0447. The third-order valence-corrected chi connectivity index (χ3v) is 3.43. The Bertz CT molecular complexity index is 422. The monoisotopic (exact) mass is 266 g/mol. The van der Waals surface area contributed by atoms with Gasteiger partial charge in [0.05, 0.1) is 6.04 Å². The minimum atomic E-state index is -0.289. The molecule has 1 rings (SSSR count). The molecule has 0 spiro atoms. The van der Waals surface area contributed by atoms with Crippen molar-refractivity contribution in [2.45, 2.75) is 45.2 Å². The molecule has 0 saturated heterocycles. The van der Waals surface area contributed by atoms with Gasteiger partial charge in [-0.15, -0.1) is 0 Å². The highest BCUT2D eigenvalue weighted by Gasteiger charge is 2.21. The van der Waals surface area contributed by atoms with Gasteiger partial charge in [0.15, 0.2) is 0 Å². The van der Waals surface area contributed by atoms with Crippen LogP contribution >= 0.6 is 0 Å². The molecule has 2 atom stereocenters. The molecule has 1 amide bonds. The van der Waals surface area contributed by atoms with Crippen molar-refractivity contribution in [1.82, 2.24) is 4.90 Å². The number of hydrogen-bond donors (Lipinski definition) is 1. The van der Waals surface area contributed by atoms with E-state index in [1.165, 1.54) is 6.07 Å². The molecule has 106 valence electrons. The smallest absolute Gasteiger partial charge is 0.224 e. The lowest BCUT2D eigenvalue weighted by atomic mass is 10.0. The lowest BCUT2D eigenvalue weighted by molar-refractivity contribution is -0.132. The van der Waals surface area contributed by atoms with E-state index in [-0.39, 0.29) is 23.8 Å². The Labute approximate surface area is 114 Å². The summed E-state index contributed by atoms with van der Waals surface area (Å²) in [7, 11) is 1.69. The van der Waals surface area contributed by atoms with Crippen molar-refractivity contribution < 1.29 is 9.18 Å². The Balaban J connectivity index is 2.69. The van der Waals surface area contributed by atoms with E-state index in [1.807, 2.05) is 13.8 Å². The van der Waals surface area contributed by atoms with E-state index in [1.54, 1.807) is 30.1 Å². The molecule has 2 unspecified atom stereocenters. The quantitative estimate of drug-likeness (QED) is 0.860. The second-order valence-electron chi connectivity index (χ2n) is 4.96. The van der Waals surface area contributed by atoms with Crippen molar-refractivity contribution >= 4 is 5.91 Å². The number of carbonyl (C=O) groups is 1. The first-order chi connectivity index (χ1) is 8.97. The summed E-state index contributed by atoms with van der Waals surface area (Å²) in [6.45, 7) is 3.86. The van der Waals surface area contributed by atoms with Crippen LogP contribution in [0.4, 0.5) is 4.39 Å². The van der Waals surface area contributed by atoms with Gasteiger partial charge in [-0.1, -0.05) is 31.5 Å². The number of halogens is 1. The molecule has 0 aliphatic heterocycles. The van der Waals surface area contributed by atoms with E-state index in [0.717, 1.165) is 12.8 Å². The van der Waals surface area contributed by atoms with Crippen molar-refractivity contribution in [3.05, 3.63) is 35.6 Å². The molecule has 2 N–H and O–H groups in total. The van der Waals surface area contributed by atoms with Crippen molar-refractivity contribution in [3.8, 4) is 0 Å². The van der Waals surface area contributed by atoms with E-state index in [4.69, 9.17) is 5.73 Å². The Hall–Kier alpha value is -1.42. The van der Waals surface area contributed by atoms with E-state index in [0.29, 0.717) is 12.0 Å². The van der Waals surface area contributed by atoms with Gasteiger partial charge in [-0.05, 0) is 19.4 Å². The zero-order valence-corrected chi connectivity index (χ0v) is 11.9. The fourth-order valence-corrected chi connectivity index (χ4v) is 2.08. The molecule has 4 heteroatoms. The van der Waals surface area contributed by atoms with Crippen molar-refractivity contribution in [2.75, 3.05) is 7.05 Å². The van der Waals surface area contributed by atoms with Gasteiger partial charge in [0.1, 0.15) is 5.82 Å². The Morgan fingerprint density at radius 3 is 2.63 bits per heavy atom. The number of rotatable bonds is 6. The van der Waals surface area contributed by atoms with Crippen LogP contribution in [0.2, 0.25) is 0 Å². The van der Waals surface area contributed by atoms with E-state index < -0.39 is 0 Å². The first-order valence-electron chi connectivity index (χ1n) is 6.73. The number of nitrogens with two attached hydrogens (primary N) is 1. The minimum Gasteiger partial charge on any atom is -0.339 e. The molecule has 1 aromatic carbocycles. The third-order valence-electron chi connectivity index (χ3n) is 3.43. The van der Waals surface area contributed by atoms with Crippen molar-refractivity contribution in [1.29, 1.82) is 0 Å². The van der Waals surface area contributed by atoms with Crippen molar-refractivity contribution in [2.24, 2.45) is 5.73 Å². The van der Waals surface area contributed by atoms with Crippen molar-refractivity contribution in [3.63, 3.8) is 0 Å². The molecule has 0 fully saturated rings. The molecule has 1 aromatic rings. The maximum Gasteiger partial charge on any atom is 0.224 e. The van der Waals surface area contributed by atoms with Crippen LogP contribution < -0.4 is 5.73 Å². The maximum absolute atomic E-state index is 13.7. The topological polar surface area (TPSA) is 46.3 Å². The molecular weight excluding hydrogens is 243 g/mol. The summed E-state index contributed by atoms with van der Waals surface area (Å²) in [5.41, 5.74) is 6.40. The predicted octanol–water partition coefficient (Wildman–Crippen LogP) is 2.86. The average Bonchev–Trinajstić information content (AvgIpc) is 2.37. The Morgan fingerprint density at radius 1 is 1.42 bits per heavy atom. The van der Waals surface area contributed by atoms with E-state index in [2.05, 4.69) is 0 Å². The molecule has 0 radical (unpaired) electrons. The molecule has 3 nitrogen and oxygen atoms in total. The number of nitrogens with zero attached hydrogens (tertiary/aromatic N) is 1. The van der Waals surface area contributed by atoms with Gasteiger partial charge in [-0.2, -0.15) is 0 Å². The van der Waals surface area contributed by atoms with Gasteiger partial charge in [0, 0.05) is 25.1 Å². The van der Waals surface area contributed by atoms with E-state index in [9.17, 15) is 9.18 Å². The van der Waals surface area contributed by atoms with Crippen LogP contribution in [0.5, 0.6) is 0 Å².